The van der Waals surface area contributed by atoms with E-state index in [1.807, 2.05) is 6.07 Å². The summed E-state index contributed by atoms with van der Waals surface area (Å²) in [6.45, 7) is 0.529. The first kappa shape index (κ1) is 18.7. The number of hydrogen-bond donors (Lipinski definition) is 1. The van der Waals surface area contributed by atoms with E-state index in [0.29, 0.717) is 34.4 Å². The Balaban J connectivity index is 1.61. The van der Waals surface area contributed by atoms with Crippen LogP contribution < -0.4 is 15.0 Å². The minimum Gasteiger partial charge on any atom is -0.497 e. The number of benzene rings is 2. The van der Waals surface area contributed by atoms with Gasteiger partial charge < -0.3 is 10.1 Å². The Labute approximate surface area is 161 Å². The molecule has 0 unspecified atom stereocenters. The van der Waals surface area contributed by atoms with Gasteiger partial charge in [-0.05, 0) is 54.9 Å². The highest BCUT2D eigenvalue weighted by molar-refractivity contribution is 6.35. The molecule has 7 heteroatoms. The average molecular weight is 393 g/mol. The van der Waals surface area contributed by atoms with E-state index in [4.69, 9.17) is 27.9 Å². The number of anilines is 1. The molecule has 0 bridgehead atoms. The fourth-order valence-corrected chi connectivity index (χ4v) is 3.40. The van der Waals surface area contributed by atoms with Crippen LogP contribution in [0.15, 0.2) is 42.5 Å². The molecule has 1 fully saturated rings. The summed E-state index contributed by atoms with van der Waals surface area (Å²) in [5.74, 6) is 0.201. The number of ether oxygens (including phenoxy) is 1. The Bertz CT molecular complexity index is 824. The second kappa shape index (κ2) is 8.08. The maximum Gasteiger partial charge on any atom is 0.251 e. The minimum atomic E-state index is -0.532. The van der Waals surface area contributed by atoms with Crippen molar-refractivity contribution in [2.75, 3.05) is 18.6 Å². The van der Waals surface area contributed by atoms with Crippen LogP contribution in [0.3, 0.4) is 0 Å². The lowest BCUT2D eigenvalue weighted by molar-refractivity contribution is -0.121. The smallest absolute Gasteiger partial charge is 0.251 e. The molecule has 0 saturated carbocycles. The molecular weight excluding hydrogens is 375 g/mol. The average Bonchev–Trinajstić information content (AvgIpc) is 2.91. The number of halogens is 2. The van der Waals surface area contributed by atoms with Crippen molar-refractivity contribution in [1.82, 2.24) is 5.32 Å². The predicted octanol–water partition coefficient (Wildman–Crippen LogP) is 3.47. The molecule has 1 N–H and O–H groups in total. The van der Waals surface area contributed by atoms with Crippen molar-refractivity contribution in [3.8, 4) is 5.75 Å². The van der Waals surface area contributed by atoms with Gasteiger partial charge in [-0.25, -0.2) is 4.90 Å². The fourth-order valence-electron chi connectivity index (χ4n) is 2.90. The van der Waals surface area contributed by atoms with Crippen LogP contribution in [0.5, 0.6) is 5.75 Å². The van der Waals surface area contributed by atoms with Crippen LogP contribution in [-0.4, -0.2) is 31.5 Å². The van der Waals surface area contributed by atoms with Crippen LogP contribution in [0, 0.1) is 0 Å². The summed E-state index contributed by atoms with van der Waals surface area (Å²) in [6.07, 6.45) is 0.774. The zero-order valence-electron chi connectivity index (χ0n) is 14.2. The lowest BCUT2D eigenvalue weighted by Crippen LogP contribution is -2.39. The van der Waals surface area contributed by atoms with Gasteiger partial charge >= 0.3 is 0 Å². The number of nitrogens with zero attached hydrogens (tertiary/aromatic N) is 1. The molecule has 0 aromatic heterocycles. The first-order valence-electron chi connectivity index (χ1n) is 8.18. The van der Waals surface area contributed by atoms with Gasteiger partial charge in [0, 0.05) is 10.0 Å². The number of hydrogen-bond acceptors (Lipinski definition) is 4. The molecule has 0 aliphatic carbocycles. The topological polar surface area (TPSA) is 58.6 Å². The Morgan fingerprint density at radius 3 is 2.54 bits per heavy atom. The van der Waals surface area contributed by atoms with Gasteiger partial charge in [0.05, 0.1) is 25.3 Å². The first-order valence-corrected chi connectivity index (χ1v) is 8.93. The number of nitrogens with one attached hydrogen (secondary N) is 1. The molecule has 1 aliphatic rings. The van der Waals surface area contributed by atoms with E-state index >= 15 is 0 Å². The summed E-state index contributed by atoms with van der Waals surface area (Å²) in [4.78, 5) is 26.1. The molecule has 3 rings (SSSR count). The Morgan fingerprint density at radius 1 is 1.15 bits per heavy atom. The zero-order valence-corrected chi connectivity index (χ0v) is 15.7. The molecule has 2 aromatic carbocycles. The van der Waals surface area contributed by atoms with E-state index in [9.17, 15) is 9.59 Å². The number of carbonyl (C=O) groups excluding carboxylic acids is 2. The first-order chi connectivity index (χ1) is 12.5. The molecule has 2 amide bonds. The standard InChI is InChI=1S/C19H18Cl2N2O3/c1-26-15-6-4-14(5-7-15)23-18(24)11-17(19(23)25)22-9-8-12-2-3-13(20)10-16(12)21/h2-7,10,17,22H,8-9,11H2,1H3/t17-/m1/s1. The molecule has 5 nitrogen and oxygen atoms in total. The van der Waals surface area contributed by atoms with Gasteiger partial charge in [-0.1, -0.05) is 29.3 Å². The molecule has 0 spiro atoms. The highest BCUT2D eigenvalue weighted by atomic mass is 35.5. The van der Waals surface area contributed by atoms with Crippen molar-refractivity contribution >= 4 is 40.7 Å². The normalized spacial score (nSPS) is 17.0. The lowest BCUT2D eigenvalue weighted by Gasteiger charge is -2.16. The van der Waals surface area contributed by atoms with Gasteiger partial charge in [0.2, 0.25) is 5.91 Å². The molecular formula is C19H18Cl2N2O3. The fraction of sp³-hybridized carbons (Fsp3) is 0.263. The molecule has 2 aromatic rings. The maximum absolute atomic E-state index is 12.6. The van der Waals surface area contributed by atoms with E-state index in [-0.39, 0.29) is 18.2 Å². The highest BCUT2D eigenvalue weighted by Gasteiger charge is 2.39. The second-order valence-electron chi connectivity index (χ2n) is 5.96. The van der Waals surface area contributed by atoms with E-state index < -0.39 is 6.04 Å². The van der Waals surface area contributed by atoms with Crippen molar-refractivity contribution in [1.29, 1.82) is 0 Å². The van der Waals surface area contributed by atoms with Crippen molar-refractivity contribution in [2.45, 2.75) is 18.9 Å². The van der Waals surface area contributed by atoms with Crippen molar-refractivity contribution in [2.24, 2.45) is 0 Å². The molecule has 0 radical (unpaired) electrons. The predicted molar refractivity (Wildman–Crippen MR) is 102 cm³/mol. The van der Waals surface area contributed by atoms with Gasteiger partial charge in [-0.15, -0.1) is 0 Å². The van der Waals surface area contributed by atoms with E-state index in [0.717, 1.165) is 5.56 Å². The largest absolute Gasteiger partial charge is 0.497 e. The van der Waals surface area contributed by atoms with Crippen molar-refractivity contribution in [3.63, 3.8) is 0 Å². The Morgan fingerprint density at radius 2 is 1.88 bits per heavy atom. The third kappa shape index (κ3) is 4.01. The summed E-state index contributed by atoms with van der Waals surface area (Å²) in [5.41, 5.74) is 1.48. The van der Waals surface area contributed by atoms with Gasteiger partial charge in [-0.3, -0.25) is 9.59 Å². The Hall–Kier alpha value is -2.08. The van der Waals surface area contributed by atoms with Gasteiger partial charge in [0.25, 0.3) is 5.91 Å². The van der Waals surface area contributed by atoms with Crippen molar-refractivity contribution in [3.05, 3.63) is 58.1 Å². The number of rotatable bonds is 6. The molecule has 1 saturated heterocycles. The highest BCUT2D eigenvalue weighted by Crippen LogP contribution is 2.25. The second-order valence-corrected chi connectivity index (χ2v) is 6.81. The van der Waals surface area contributed by atoms with Crippen molar-refractivity contribution < 1.29 is 14.3 Å². The summed E-state index contributed by atoms with van der Waals surface area (Å²) >= 11 is 12.0. The molecule has 1 aliphatic heterocycles. The number of carbonyl (C=O) groups is 2. The lowest BCUT2D eigenvalue weighted by atomic mass is 10.1. The van der Waals surface area contributed by atoms with Crippen LogP contribution >= 0.6 is 23.2 Å². The number of amides is 2. The Kier molecular flexibility index (Phi) is 5.81. The van der Waals surface area contributed by atoms with Crippen LogP contribution in [0.1, 0.15) is 12.0 Å². The zero-order chi connectivity index (χ0) is 18.7. The molecule has 1 heterocycles. The SMILES string of the molecule is COc1ccc(N2C(=O)C[C@@H](NCCc3ccc(Cl)cc3Cl)C2=O)cc1. The number of methoxy groups -OCH3 is 1. The van der Waals surface area contributed by atoms with Gasteiger partial charge in [0.1, 0.15) is 5.75 Å². The van der Waals surface area contributed by atoms with Crippen LogP contribution in [-0.2, 0) is 16.0 Å². The minimum absolute atomic E-state index is 0.138. The van der Waals surface area contributed by atoms with Crippen LogP contribution in [0.25, 0.3) is 0 Å². The quantitative estimate of drug-likeness (QED) is 0.764. The van der Waals surface area contributed by atoms with E-state index in [2.05, 4.69) is 5.32 Å². The van der Waals surface area contributed by atoms with Crippen LogP contribution in [0.4, 0.5) is 5.69 Å². The van der Waals surface area contributed by atoms with Crippen LogP contribution in [0.2, 0.25) is 10.0 Å². The third-order valence-corrected chi connectivity index (χ3v) is 4.86. The van der Waals surface area contributed by atoms with E-state index in [1.54, 1.807) is 43.5 Å². The summed E-state index contributed by atoms with van der Waals surface area (Å²) in [5, 5.41) is 4.32. The number of imide groups is 1. The molecule has 1 atom stereocenters. The summed E-state index contributed by atoms with van der Waals surface area (Å²) < 4.78 is 5.10. The summed E-state index contributed by atoms with van der Waals surface area (Å²) in [7, 11) is 1.56. The molecule has 136 valence electrons. The third-order valence-electron chi connectivity index (χ3n) is 4.28. The monoisotopic (exact) mass is 392 g/mol. The van der Waals surface area contributed by atoms with Gasteiger partial charge in [-0.2, -0.15) is 0 Å². The van der Waals surface area contributed by atoms with E-state index in [1.165, 1.54) is 4.90 Å². The molecule has 26 heavy (non-hydrogen) atoms. The van der Waals surface area contributed by atoms with Gasteiger partial charge in [0.15, 0.2) is 0 Å². The maximum atomic E-state index is 12.6. The summed E-state index contributed by atoms with van der Waals surface area (Å²) in [6, 6.07) is 11.6.